The molecule has 4 N–H and O–H groups in total. The van der Waals surface area contributed by atoms with Crippen molar-refractivity contribution >= 4 is 23.1 Å². The summed E-state index contributed by atoms with van der Waals surface area (Å²) in [6, 6.07) is 8.63. The van der Waals surface area contributed by atoms with Crippen molar-refractivity contribution in [3.8, 4) is 5.88 Å². The van der Waals surface area contributed by atoms with Crippen LogP contribution >= 0.6 is 0 Å². The van der Waals surface area contributed by atoms with E-state index in [-0.39, 0.29) is 5.91 Å². The first-order chi connectivity index (χ1) is 15.8. The van der Waals surface area contributed by atoms with Crippen molar-refractivity contribution in [2.45, 2.75) is 64.4 Å². The molecule has 8 nitrogen and oxygen atoms in total. The Hall–Kier alpha value is -3.00. The number of nitrogens with zero attached hydrogens (tertiary/aromatic N) is 3. The van der Waals surface area contributed by atoms with Gasteiger partial charge in [-0.2, -0.15) is 4.98 Å². The van der Waals surface area contributed by atoms with Gasteiger partial charge in [0.1, 0.15) is 18.0 Å². The fraction of sp³-hybridized carbons (Fsp3) is 0.520. The summed E-state index contributed by atoms with van der Waals surface area (Å²) in [6.07, 6.45) is 5.58. The number of nitrogens with two attached hydrogens (primary N) is 1. The van der Waals surface area contributed by atoms with Crippen LogP contribution in [0.3, 0.4) is 0 Å². The topological polar surface area (TPSA) is 123 Å². The Labute approximate surface area is 194 Å². The van der Waals surface area contributed by atoms with Gasteiger partial charge in [-0.15, -0.1) is 0 Å². The highest BCUT2D eigenvalue weighted by Gasteiger charge is 2.35. The van der Waals surface area contributed by atoms with Crippen LogP contribution in [0.15, 0.2) is 29.3 Å². The smallest absolute Gasteiger partial charge is 0.246 e. The van der Waals surface area contributed by atoms with Gasteiger partial charge in [0.2, 0.25) is 11.8 Å². The number of amides is 1. The van der Waals surface area contributed by atoms with Crippen LogP contribution in [0.25, 0.3) is 0 Å². The molecule has 4 rings (SSSR count). The monoisotopic (exact) mass is 451 g/mol. The summed E-state index contributed by atoms with van der Waals surface area (Å²) < 4.78 is 6.16. The Morgan fingerprint density at radius 2 is 1.88 bits per heavy atom. The summed E-state index contributed by atoms with van der Waals surface area (Å²) in [5, 5.41) is 11.5. The lowest BCUT2D eigenvalue weighted by Crippen LogP contribution is -2.41. The van der Waals surface area contributed by atoms with E-state index < -0.39 is 12.2 Å². The average Bonchev–Trinajstić information content (AvgIpc) is 2.78. The molecule has 1 saturated carbocycles. The normalized spacial score (nSPS) is 21.5. The van der Waals surface area contributed by atoms with E-state index in [1.54, 1.807) is 6.92 Å². The molecule has 0 radical (unpaired) electrons. The molecule has 2 heterocycles. The number of hydrogen-bond donors (Lipinski definition) is 3. The standard InChI is InChI=1S/C25H33N5O3/c1-15-28-23(26)21-24(29-15)33-25(2,3)22(30-21)19-10-8-18(9-11-19)17-6-4-16(5-7-17)12-13-27-20(32)14-31/h8-11,16-17,31H,4-7,12-14H2,1-3H3,(H,27,32)(H2,26,28,29). The zero-order valence-corrected chi connectivity index (χ0v) is 19.6. The molecular weight excluding hydrogens is 418 g/mol. The van der Waals surface area contributed by atoms with Gasteiger partial charge in [-0.1, -0.05) is 24.3 Å². The van der Waals surface area contributed by atoms with Gasteiger partial charge >= 0.3 is 0 Å². The van der Waals surface area contributed by atoms with Crippen molar-refractivity contribution in [1.82, 2.24) is 15.3 Å². The van der Waals surface area contributed by atoms with Crippen molar-refractivity contribution in [3.63, 3.8) is 0 Å². The maximum absolute atomic E-state index is 11.2. The SMILES string of the molecule is Cc1nc(N)c2c(n1)OC(C)(C)C(c1ccc(C3CCC(CCNC(=O)CO)CC3)cc1)=N2. The minimum atomic E-state index is -0.634. The third kappa shape index (κ3) is 5.16. The van der Waals surface area contributed by atoms with Gasteiger partial charge in [0.05, 0.1) is 5.71 Å². The number of carbonyl (C=O) groups is 1. The van der Waals surface area contributed by atoms with E-state index in [0.717, 1.165) is 43.4 Å². The van der Waals surface area contributed by atoms with E-state index in [0.29, 0.717) is 41.6 Å². The minimum absolute atomic E-state index is 0.297. The summed E-state index contributed by atoms with van der Waals surface area (Å²) in [4.78, 5) is 24.6. The Bertz CT molecular complexity index is 1040. The molecule has 1 aromatic heterocycles. The van der Waals surface area contributed by atoms with E-state index in [9.17, 15) is 4.79 Å². The quantitative estimate of drug-likeness (QED) is 0.618. The predicted octanol–water partition coefficient (Wildman–Crippen LogP) is 3.43. The first-order valence-corrected chi connectivity index (χ1v) is 11.7. The molecule has 1 aliphatic heterocycles. The second kappa shape index (κ2) is 9.47. The second-order valence-electron chi connectivity index (χ2n) is 9.52. The maximum atomic E-state index is 11.2. The number of benzene rings is 1. The van der Waals surface area contributed by atoms with E-state index in [1.807, 2.05) is 13.8 Å². The summed E-state index contributed by atoms with van der Waals surface area (Å²) in [7, 11) is 0. The fourth-order valence-corrected chi connectivity index (χ4v) is 4.86. The third-order valence-electron chi connectivity index (χ3n) is 6.66. The number of aromatic nitrogens is 2. The highest BCUT2D eigenvalue weighted by molar-refractivity contribution is 6.09. The average molecular weight is 452 g/mol. The molecule has 1 amide bonds. The van der Waals surface area contributed by atoms with Crippen molar-refractivity contribution in [2.75, 3.05) is 18.9 Å². The van der Waals surface area contributed by atoms with Crippen LogP contribution < -0.4 is 15.8 Å². The van der Waals surface area contributed by atoms with Crippen molar-refractivity contribution in [3.05, 3.63) is 41.2 Å². The molecule has 0 saturated heterocycles. The molecule has 0 bridgehead atoms. The van der Waals surface area contributed by atoms with Crippen molar-refractivity contribution in [2.24, 2.45) is 10.9 Å². The van der Waals surface area contributed by atoms with Gasteiger partial charge < -0.3 is 20.9 Å². The molecule has 0 unspecified atom stereocenters. The van der Waals surface area contributed by atoms with Crippen molar-refractivity contribution in [1.29, 1.82) is 0 Å². The highest BCUT2D eigenvalue weighted by atomic mass is 16.5. The van der Waals surface area contributed by atoms with Gasteiger partial charge in [-0.3, -0.25) is 4.79 Å². The largest absolute Gasteiger partial charge is 0.463 e. The molecule has 0 spiro atoms. The number of anilines is 1. The number of ether oxygens (including phenoxy) is 1. The van der Waals surface area contributed by atoms with E-state index in [4.69, 9.17) is 20.6 Å². The minimum Gasteiger partial charge on any atom is -0.463 e. The van der Waals surface area contributed by atoms with Gasteiger partial charge in [0, 0.05) is 12.1 Å². The predicted molar refractivity (Wildman–Crippen MR) is 128 cm³/mol. The zero-order valence-electron chi connectivity index (χ0n) is 19.6. The number of nitrogens with one attached hydrogen (secondary N) is 1. The molecule has 1 fully saturated rings. The molecule has 176 valence electrons. The number of aliphatic imine (C=N–C) groups is 1. The zero-order chi connectivity index (χ0) is 23.6. The van der Waals surface area contributed by atoms with Crippen LogP contribution in [0.4, 0.5) is 11.5 Å². The first kappa shape index (κ1) is 23.2. The van der Waals surface area contributed by atoms with Gasteiger partial charge in [-0.25, -0.2) is 9.98 Å². The summed E-state index contributed by atoms with van der Waals surface area (Å²) in [5.74, 6) is 2.20. The summed E-state index contributed by atoms with van der Waals surface area (Å²) in [5.41, 5.74) is 9.11. The van der Waals surface area contributed by atoms with Crippen LogP contribution in [0, 0.1) is 12.8 Å². The lowest BCUT2D eigenvalue weighted by Gasteiger charge is -2.32. The third-order valence-corrected chi connectivity index (χ3v) is 6.66. The number of nitrogen functional groups attached to an aromatic ring is 1. The number of aryl methyl sites for hydroxylation is 1. The number of hydrogen-bond acceptors (Lipinski definition) is 7. The number of carbonyl (C=O) groups excluding carboxylic acids is 1. The Kier molecular flexibility index (Phi) is 6.65. The number of fused-ring (bicyclic) bond motifs is 1. The van der Waals surface area contributed by atoms with Gasteiger partial charge in [0.25, 0.3) is 0 Å². The van der Waals surface area contributed by atoms with Crippen molar-refractivity contribution < 1.29 is 14.6 Å². The molecule has 1 aliphatic carbocycles. The first-order valence-electron chi connectivity index (χ1n) is 11.7. The van der Waals surface area contributed by atoms with Crippen LogP contribution in [-0.2, 0) is 4.79 Å². The maximum Gasteiger partial charge on any atom is 0.246 e. The lowest BCUT2D eigenvalue weighted by atomic mass is 9.77. The Morgan fingerprint density at radius 1 is 1.18 bits per heavy atom. The molecule has 8 heteroatoms. The molecular formula is C25H33N5O3. The fourth-order valence-electron chi connectivity index (χ4n) is 4.86. The van der Waals surface area contributed by atoms with E-state index in [1.165, 1.54) is 5.56 Å². The van der Waals surface area contributed by atoms with E-state index in [2.05, 4.69) is 39.6 Å². The Morgan fingerprint density at radius 3 is 2.55 bits per heavy atom. The van der Waals surface area contributed by atoms with E-state index >= 15 is 0 Å². The van der Waals surface area contributed by atoms with Gasteiger partial charge in [0.15, 0.2) is 11.5 Å². The van der Waals surface area contributed by atoms with Crippen LogP contribution in [0.1, 0.15) is 68.8 Å². The highest BCUT2D eigenvalue weighted by Crippen LogP contribution is 2.40. The van der Waals surface area contributed by atoms with Gasteiger partial charge in [-0.05, 0) is 70.3 Å². The molecule has 0 atom stereocenters. The molecule has 33 heavy (non-hydrogen) atoms. The number of aliphatic hydroxyl groups is 1. The van der Waals surface area contributed by atoms with Crippen LogP contribution in [0.5, 0.6) is 5.88 Å². The Balaban J connectivity index is 1.42. The molecule has 2 aromatic rings. The molecule has 1 aromatic carbocycles. The summed E-state index contributed by atoms with van der Waals surface area (Å²) >= 11 is 0. The second-order valence-corrected chi connectivity index (χ2v) is 9.52. The number of aliphatic hydroxyl groups excluding tert-OH is 1. The number of rotatable bonds is 6. The van der Waals surface area contributed by atoms with Crippen LogP contribution in [-0.4, -0.2) is 45.4 Å². The lowest BCUT2D eigenvalue weighted by molar-refractivity contribution is -0.123. The van der Waals surface area contributed by atoms with Crippen LogP contribution in [0.2, 0.25) is 0 Å². The summed E-state index contributed by atoms with van der Waals surface area (Å²) in [6.45, 7) is 5.96. The molecule has 2 aliphatic rings.